The molecule has 0 spiro atoms. The second kappa shape index (κ2) is 5.88. The molecule has 0 fully saturated rings. The van der Waals surface area contributed by atoms with Gasteiger partial charge in [0.05, 0.1) is 5.92 Å². The van der Waals surface area contributed by atoms with Crippen molar-refractivity contribution in [1.29, 1.82) is 0 Å². The molecule has 3 nitrogen and oxygen atoms in total. The minimum absolute atomic E-state index is 0.321. The Bertz CT molecular complexity index is 298. The van der Waals surface area contributed by atoms with Gasteiger partial charge in [0, 0.05) is 12.6 Å². The molecular weight excluding hydrogens is 210 g/mol. The molecule has 15 heavy (non-hydrogen) atoms. The van der Waals surface area contributed by atoms with E-state index in [-0.39, 0.29) is 5.92 Å². The summed E-state index contributed by atoms with van der Waals surface area (Å²) in [6.45, 7) is 4.32. The van der Waals surface area contributed by atoms with Crippen molar-refractivity contribution in [2.24, 2.45) is 5.92 Å². The van der Waals surface area contributed by atoms with Gasteiger partial charge in [-0.3, -0.25) is 4.79 Å². The lowest BCUT2D eigenvalue weighted by atomic mass is 10.1. The first kappa shape index (κ1) is 12.2. The molecule has 0 saturated carbocycles. The molecule has 0 bridgehead atoms. The second-order valence-corrected chi connectivity index (χ2v) is 4.66. The highest BCUT2D eigenvalue weighted by Crippen LogP contribution is 2.08. The molecule has 1 aromatic rings. The zero-order valence-corrected chi connectivity index (χ0v) is 9.88. The molecule has 0 radical (unpaired) electrons. The number of hydrogen-bond donors (Lipinski definition) is 2. The monoisotopic (exact) mass is 227 g/mol. The first-order chi connectivity index (χ1) is 7.09. The molecule has 84 valence electrons. The smallest absolute Gasteiger partial charge is 0.307 e. The Balaban J connectivity index is 2.25. The van der Waals surface area contributed by atoms with Crippen molar-refractivity contribution in [3.63, 3.8) is 0 Å². The zero-order chi connectivity index (χ0) is 11.3. The summed E-state index contributed by atoms with van der Waals surface area (Å²) in [5.41, 5.74) is 1.31. The SMILES string of the molecule is CC(Cc1ccsc1)NCC(C)C(=O)O. The molecule has 1 heterocycles. The van der Waals surface area contributed by atoms with Crippen LogP contribution in [0.1, 0.15) is 19.4 Å². The van der Waals surface area contributed by atoms with Gasteiger partial charge in [0.15, 0.2) is 0 Å². The summed E-state index contributed by atoms with van der Waals surface area (Å²) in [4.78, 5) is 10.6. The molecule has 2 atom stereocenters. The van der Waals surface area contributed by atoms with E-state index in [0.29, 0.717) is 12.6 Å². The highest BCUT2D eigenvalue weighted by Gasteiger charge is 2.12. The maximum atomic E-state index is 10.6. The molecule has 1 aromatic heterocycles. The largest absolute Gasteiger partial charge is 0.481 e. The third-order valence-electron chi connectivity index (χ3n) is 2.32. The topological polar surface area (TPSA) is 49.3 Å². The first-order valence-corrected chi connectivity index (χ1v) is 6.01. The van der Waals surface area contributed by atoms with Crippen molar-refractivity contribution in [2.75, 3.05) is 6.54 Å². The van der Waals surface area contributed by atoms with E-state index >= 15 is 0 Å². The number of carbonyl (C=O) groups is 1. The molecule has 2 unspecified atom stereocenters. The van der Waals surface area contributed by atoms with Crippen LogP contribution < -0.4 is 5.32 Å². The van der Waals surface area contributed by atoms with E-state index in [1.807, 2.05) is 0 Å². The first-order valence-electron chi connectivity index (χ1n) is 5.07. The molecule has 0 amide bonds. The van der Waals surface area contributed by atoms with Gasteiger partial charge < -0.3 is 10.4 Å². The van der Waals surface area contributed by atoms with Crippen molar-refractivity contribution in [3.05, 3.63) is 22.4 Å². The third-order valence-corrected chi connectivity index (χ3v) is 3.05. The van der Waals surface area contributed by atoms with Gasteiger partial charge in [-0.2, -0.15) is 11.3 Å². The van der Waals surface area contributed by atoms with Crippen molar-refractivity contribution in [2.45, 2.75) is 26.3 Å². The summed E-state index contributed by atoms with van der Waals surface area (Å²) in [5.74, 6) is -1.07. The molecule has 0 aromatic carbocycles. The molecule has 0 saturated heterocycles. The fraction of sp³-hybridized carbons (Fsp3) is 0.545. The number of rotatable bonds is 6. The standard InChI is InChI=1S/C11H17NO2S/c1-8(11(13)14)6-12-9(2)5-10-3-4-15-7-10/h3-4,7-9,12H,5-6H2,1-2H3,(H,13,14). The van der Waals surface area contributed by atoms with Crippen LogP contribution in [0.15, 0.2) is 16.8 Å². The van der Waals surface area contributed by atoms with Crippen molar-refractivity contribution >= 4 is 17.3 Å². The summed E-state index contributed by atoms with van der Waals surface area (Å²) < 4.78 is 0. The molecular formula is C11H17NO2S. The van der Waals surface area contributed by atoms with Crippen LogP contribution in [0, 0.1) is 5.92 Å². The summed E-state index contributed by atoms with van der Waals surface area (Å²) >= 11 is 1.69. The van der Waals surface area contributed by atoms with Crippen LogP contribution in [0.5, 0.6) is 0 Å². The molecule has 4 heteroatoms. The Morgan fingerprint density at radius 2 is 2.33 bits per heavy atom. The molecule has 1 rings (SSSR count). The molecule has 0 aliphatic heterocycles. The number of nitrogens with one attached hydrogen (secondary N) is 1. The quantitative estimate of drug-likeness (QED) is 0.781. The van der Waals surface area contributed by atoms with Crippen LogP contribution in [0.2, 0.25) is 0 Å². The molecule has 0 aliphatic carbocycles. The van der Waals surface area contributed by atoms with Crippen LogP contribution in [0.4, 0.5) is 0 Å². The maximum Gasteiger partial charge on any atom is 0.307 e. The third kappa shape index (κ3) is 4.44. The predicted octanol–water partition coefficient (Wildman–Crippen LogP) is 1.99. The van der Waals surface area contributed by atoms with Crippen molar-refractivity contribution < 1.29 is 9.90 Å². The summed E-state index contributed by atoms with van der Waals surface area (Å²) in [7, 11) is 0. The molecule has 2 N–H and O–H groups in total. The Kier molecular flexibility index (Phi) is 4.78. The van der Waals surface area contributed by atoms with Gasteiger partial charge in [0.2, 0.25) is 0 Å². The van der Waals surface area contributed by atoms with E-state index in [9.17, 15) is 4.79 Å². The predicted molar refractivity (Wildman–Crippen MR) is 62.3 cm³/mol. The van der Waals surface area contributed by atoms with Crippen LogP contribution in [-0.4, -0.2) is 23.7 Å². The van der Waals surface area contributed by atoms with Gasteiger partial charge in [0.1, 0.15) is 0 Å². The van der Waals surface area contributed by atoms with Gasteiger partial charge in [-0.1, -0.05) is 6.92 Å². The van der Waals surface area contributed by atoms with Crippen molar-refractivity contribution in [1.82, 2.24) is 5.32 Å². The van der Waals surface area contributed by atoms with Gasteiger partial charge >= 0.3 is 5.97 Å². The van der Waals surface area contributed by atoms with E-state index in [1.54, 1.807) is 18.3 Å². The number of aliphatic carboxylic acids is 1. The normalized spacial score (nSPS) is 14.8. The highest BCUT2D eigenvalue weighted by atomic mass is 32.1. The van der Waals surface area contributed by atoms with Crippen LogP contribution in [-0.2, 0) is 11.2 Å². The lowest BCUT2D eigenvalue weighted by Gasteiger charge is -2.14. The van der Waals surface area contributed by atoms with E-state index in [4.69, 9.17) is 5.11 Å². The average Bonchev–Trinajstić information content (AvgIpc) is 2.66. The summed E-state index contributed by atoms with van der Waals surface area (Å²) in [6.07, 6.45) is 0.954. The van der Waals surface area contributed by atoms with E-state index in [2.05, 4.69) is 29.1 Å². The average molecular weight is 227 g/mol. The number of carboxylic acid groups (broad SMARTS) is 1. The molecule has 0 aliphatic rings. The second-order valence-electron chi connectivity index (χ2n) is 3.88. The fourth-order valence-corrected chi connectivity index (χ4v) is 1.98. The van der Waals surface area contributed by atoms with E-state index in [0.717, 1.165) is 6.42 Å². The number of carboxylic acids is 1. The van der Waals surface area contributed by atoms with Crippen LogP contribution in [0.3, 0.4) is 0 Å². The van der Waals surface area contributed by atoms with Crippen molar-refractivity contribution in [3.8, 4) is 0 Å². The number of hydrogen-bond acceptors (Lipinski definition) is 3. The Morgan fingerprint density at radius 1 is 1.60 bits per heavy atom. The lowest BCUT2D eigenvalue weighted by Crippen LogP contribution is -2.34. The van der Waals surface area contributed by atoms with E-state index < -0.39 is 5.97 Å². The lowest BCUT2D eigenvalue weighted by molar-refractivity contribution is -0.140. The van der Waals surface area contributed by atoms with E-state index in [1.165, 1.54) is 5.56 Å². The van der Waals surface area contributed by atoms with Gasteiger partial charge in [-0.05, 0) is 35.7 Å². The van der Waals surface area contributed by atoms with Gasteiger partial charge in [-0.15, -0.1) is 0 Å². The highest BCUT2D eigenvalue weighted by molar-refractivity contribution is 7.07. The van der Waals surface area contributed by atoms with Gasteiger partial charge in [0.25, 0.3) is 0 Å². The minimum atomic E-state index is -0.745. The summed E-state index contributed by atoms with van der Waals surface area (Å²) in [5, 5.41) is 16.1. The van der Waals surface area contributed by atoms with Gasteiger partial charge in [-0.25, -0.2) is 0 Å². The van der Waals surface area contributed by atoms with Crippen LogP contribution in [0.25, 0.3) is 0 Å². The fourth-order valence-electron chi connectivity index (χ4n) is 1.30. The minimum Gasteiger partial charge on any atom is -0.481 e. The maximum absolute atomic E-state index is 10.6. The Morgan fingerprint density at radius 3 is 2.87 bits per heavy atom. The Hall–Kier alpha value is -0.870. The number of thiophene rings is 1. The Labute approximate surface area is 94.1 Å². The summed E-state index contributed by atoms with van der Waals surface area (Å²) in [6, 6.07) is 2.42. The zero-order valence-electron chi connectivity index (χ0n) is 9.06. The van der Waals surface area contributed by atoms with Crippen LogP contribution >= 0.6 is 11.3 Å².